The van der Waals surface area contributed by atoms with Crippen LogP contribution in [0.3, 0.4) is 0 Å². The summed E-state index contributed by atoms with van der Waals surface area (Å²) in [6, 6.07) is 16.1. The first-order valence-corrected chi connectivity index (χ1v) is 10.8. The van der Waals surface area contributed by atoms with Crippen molar-refractivity contribution in [1.82, 2.24) is 10.5 Å². The zero-order chi connectivity index (χ0) is 24.5. The van der Waals surface area contributed by atoms with Crippen LogP contribution in [0.15, 0.2) is 59.1 Å². The first-order valence-electron chi connectivity index (χ1n) is 10.8. The fourth-order valence-electron chi connectivity index (χ4n) is 4.03. The van der Waals surface area contributed by atoms with E-state index in [1.807, 2.05) is 48.5 Å². The second-order valence-electron chi connectivity index (χ2n) is 9.14. The van der Waals surface area contributed by atoms with Gasteiger partial charge in [0.15, 0.2) is 5.69 Å². The second kappa shape index (κ2) is 9.01. The summed E-state index contributed by atoms with van der Waals surface area (Å²) in [5, 5.41) is 17.8. The number of carboxylic acid groups (broad SMARTS) is 1. The SMILES string of the molecule is CC(C)(C)[C@@H](NC(=O)c1cc(NC(=O)OCC2c3ccccc3-c3ccccc32)on1)C(=O)O. The molecule has 1 aliphatic carbocycles. The number of carbonyl (C=O) groups excluding carboxylic acids is 2. The molecular weight excluding hydrogens is 438 g/mol. The Balaban J connectivity index is 1.38. The highest BCUT2D eigenvalue weighted by Gasteiger charge is 2.34. The smallest absolute Gasteiger partial charge is 0.414 e. The molecule has 1 atom stereocenters. The van der Waals surface area contributed by atoms with Gasteiger partial charge in [0.25, 0.3) is 5.91 Å². The third kappa shape index (κ3) is 4.63. The van der Waals surface area contributed by atoms with Crippen LogP contribution in [0, 0.1) is 5.41 Å². The predicted octanol–water partition coefficient (Wildman–Crippen LogP) is 4.26. The Morgan fingerprint density at radius 2 is 1.65 bits per heavy atom. The zero-order valence-electron chi connectivity index (χ0n) is 19.0. The van der Waals surface area contributed by atoms with Crippen LogP contribution in [-0.4, -0.2) is 40.9 Å². The van der Waals surface area contributed by atoms with Crippen molar-refractivity contribution in [2.75, 3.05) is 11.9 Å². The lowest BCUT2D eigenvalue weighted by Gasteiger charge is -2.27. The summed E-state index contributed by atoms with van der Waals surface area (Å²) in [7, 11) is 0. The molecule has 3 N–H and O–H groups in total. The number of nitrogens with one attached hydrogen (secondary N) is 2. The summed E-state index contributed by atoms with van der Waals surface area (Å²) in [4.78, 5) is 36.2. The summed E-state index contributed by atoms with van der Waals surface area (Å²) < 4.78 is 10.4. The Labute approximate surface area is 196 Å². The standard InChI is InChI=1S/C25H25N3O6/c1-25(2,3)21(23(30)31)27-22(29)19-12-20(34-28-19)26-24(32)33-13-18-16-10-6-4-8-14(16)15-9-5-7-11-17(15)18/h4-12,18,21H,13H2,1-3H3,(H,26,32)(H,27,29)(H,30,31)/t21-/m0/s1. The van der Waals surface area contributed by atoms with Gasteiger partial charge in [0.2, 0.25) is 5.88 Å². The maximum Gasteiger partial charge on any atom is 0.414 e. The Morgan fingerprint density at radius 3 is 2.21 bits per heavy atom. The van der Waals surface area contributed by atoms with E-state index < -0.39 is 29.4 Å². The van der Waals surface area contributed by atoms with Gasteiger partial charge in [-0.25, -0.2) is 9.59 Å². The lowest BCUT2D eigenvalue weighted by atomic mass is 9.86. The zero-order valence-corrected chi connectivity index (χ0v) is 19.0. The second-order valence-corrected chi connectivity index (χ2v) is 9.14. The van der Waals surface area contributed by atoms with Gasteiger partial charge in [0.05, 0.1) is 0 Å². The summed E-state index contributed by atoms with van der Waals surface area (Å²) in [5.74, 6) is -2.09. The van der Waals surface area contributed by atoms with Crippen LogP contribution in [0.1, 0.15) is 48.3 Å². The molecule has 1 heterocycles. The van der Waals surface area contributed by atoms with Gasteiger partial charge >= 0.3 is 12.1 Å². The Bertz CT molecular complexity index is 1200. The van der Waals surface area contributed by atoms with Crippen LogP contribution in [-0.2, 0) is 9.53 Å². The molecule has 34 heavy (non-hydrogen) atoms. The van der Waals surface area contributed by atoms with Crippen molar-refractivity contribution in [3.05, 3.63) is 71.4 Å². The van der Waals surface area contributed by atoms with Gasteiger partial charge in [0.1, 0.15) is 12.6 Å². The van der Waals surface area contributed by atoms with Gasteiger partial charge in [-0.3, -0.25) is 10.1 Å². The summed E-state index contributed by atoms with van der Waals surface area (Å²) in [5.41, 5.74) is 3.53. The lowest BCUT2D eigenvalue weighted by molar-refractivity contribution is -0.142. The minimum atomic E-state index is -1.17. The molecule has 0 bridgehead atoms. The number of aliphatic carboxylic acids is 1. The molecule has 4 rings (SSSR count). The number of amides is 2. The third-order valence-corrected chi connectivity index (χ3v) is 5.70. The fraction of sp³-hybridized carbons (Fsp3) is 0.280. The number of nitrogens with zero attached hydrogens (tertiary/aromatic N) is 1. The lowest BCUT2D eigenvalue weighted by Crippen LogP contribution is -2.49. The number of carboxylic acids is 1. The fourth-order valence-corrected chi connectivity index (χ4v) is 4.03. The minimum Gasteiger partial charge on any atom is -0.480 e. The maximum atomic E-state index is 12.4. The van der Waals surface area contributed by atoms with Gasteiger partial charge in [-0.1, -0.05) is 74.5 Å². The normalized spacial score (nSPS) is 13.5. The van der Waals surface area contributed by atoms with E-state index in [9.17, 15) is 19.5 Å². The van der Waals surface area contributed by atoms with Crippen molar-refractivity contribution in [3.8, 4) is 11.1 Å². The molecule has 176 valence electrons. The van der Waals surface area contributed by atoms with Crippen LogP contribution >= 0.6 is 0 Å². The Kier molecular flexibility index (Phi) is 6.10. The average molecular weight is 463 g/mol. The van der Waals surface area contributed by atoms with E-state index in [2.05, 4.69) is 15.8 Å². The van der Waals surface area contributed by atoms with Crippen LogP contribution in [0.25, 0.3) is 11.1 Å². The van der Waals surface area contributed by atoms with E-state index in [1.54, 1.807) is 20.8 Å². The number of hydrogen-bond acceptors (Lipinski definition) is 6. The van der Waals surface area contributed by atoms with E-state index in [4.69, 9.17) is 9.26 Å². The summed E-state index contributed by atoms with van der Waals surface area (Å²) >= 11 is 0. The van der Waals surface area contributed by atoms with E-state index in [0.717, 1.165) is 22.3 Å². The van der Waals surface area contributed by atoms with Crippen molar-refractivity contribution in [2.24, 2.45) is 5.41 Å². The molecule has 1 aromatic heterocycles. The molecule has 0 fully saturated rings. The molecule has 0 saturated carbocycles. The van der Waals surface area contributed by atoms with E-state index in [0.29, 0.717) is 0 Å². The van der Waals surface area contributed by atoms with Crippen LogP contribution < -0.4 is 10.6 Å². The van der Waals surface area contributed by atoms with E-state index >= 15 is 0 Å². The summed E-state index contributed by atoms with van der Waals surface area (Å²) in [6.45, 7) is 5.20. The molecule has 3 aromatic rings. The molecule has 2 amide bonds. The molecule has 1 aliphatic rings. The molecule has 9 heteroatoms. The molecule has 0 saturated heterocycles. The van der Waals surface area contributed by atoms with E-state index in [-0.39, 0.29) is 24.1 Å². The Hall–Kier alpha value is -4.14. The number of aromatic nitrogens is 1. The monoisotopic (exact) mass is 463 g/mol. The van der Waals surface area contributed by atoms with Crippen LogP contribution in [0.4, 0.5) is 10.7 Å². The molecule has 0 spiro atoms. The largest absolute Gasteiger partial charge is 0.480 e. The number of hydrogen-bond donors (Lipinski definition) is 3. The molecule has 2 aromatic carbocycles. The molecular formula is C25H25N3O6. The molecule has 0 unspecified atom stereocenters. The molecule has 0 radical (unpaired) electrons. The number of carbonyl (C=O) groups is 3. The topological polar surface area (TPSA) is 131 Å². The quantitative estimate of drug-likeness (QED) is 0.498. The Morgan fingerprint density at radius 1 is 1.06 bits per heavy atom. The number of anilines is 1. The van der Waals surface area contributed by atoms with E-state index in [1.165, 1.54) is 6.07 Å². The first kappa shape index (κ1) is 23.0. The predicted molar refractivity (Wildman–Crippen MR) is 124 cm³/mol. The van der Waals surface area contributed by atoms with Crippen LogP contribution in [0.5, 0.6) is 0 Å². The molecule has 0 aliphatic heterocycles. The van der Waals surface area contributed by atoms with Crippen molar-refractivity contribution < 1.29 is 28.8 Å². The number of ether oxygens (including phenoxy) is 1. The first-order chi connectivity index (χ1) is 16.1. The van der Waals surface area contributed by atoms with Gasteiger partial charge in [0, 0.05) is 12.0 Å². The minimum absolute atomic E-state index is 0.0926. The van der Waals surface area contributed by atoms with Gasteiger partial charge in [-0.05, 0) is 27.7 Å². The number of benzene rings is 2. The van der Waals surface area contributed by atoms with Crippen molar-refractivity contribution >= 4 is 23.9 Å². The van der Waals surface area contributed by atoms with Gasteiger partial charge in [-0.15, -0.1) is 0 Å². The van der Waals surface area contributed by atoms with Crippen molar-refractivity contribution in [1.29, 1.82) is 0 Å². The average Bonchev–Trinajstić information content (AvgIpc) is 3.37. The summed E-state index contributed by atoms with van der Waals surface area (Å²) in [6.07, 6.45) is -0.761. The number of rotatable bonds is 6. The van der Waals surface area contributed by atoms with Crippen molar-refractivity contribution in [3.63, 3.8) is 0 Å². The van der Waals surface area contributed by atoms with Crippen LogP contribution in [0.2, 0.25) is 0 Å². The number of fused-ring (bicyclic) bond motifs is 3. The van der Waals surface area contributed by atoms with Gasteiger partial charge in [-0.2, -0.15) is 0 Å². The van der Waals surface area contributed by atoms with Gasteiger partial charge < -0.3 is 19.7 Å². The van der Waals surface area contributed by atoms with Crippen molar-refractivity contribution in [2.45, 2.75) is 32.7 Å². The maximum absolute atomic E-state index is 12.4. The highest BCUT2D eigenvalue weighted by atomic mass is 16.6. The third-order valence-electron chi connectivity index (χ3n) is 5.70. The highest BCUT2D eigenvalue weighted by Crippen LogP contribution is 2.44. The highest BCUT2D eigenvalue weighted by molar-refractivity contribution is 5.96. The molecule has 9 nitrogen and oxygen atoms in total.